The Labute approximate surface area is 136 Å². The average Bonchev–Trinajstić information content (AvgIpc) is 2.52. The molecule has 1 amide bonds. The van der Waals surface area contributed by atoms with E-state index in [2.05, 4.69) is 15.2 Å². The average molecular weight is 320 g/mol. The van der Waals surface area contributed by atoms with Gasteiger partial charge in [0, 0.05) is 26.1 Å². The molecule has 5 nitrogen and oxygen atoms in total. The first-order chi connectivity index (χ1) is 11.1. The Kier molecular flexibility index (Phi) is 6.38. The molecule has 0 aromatic heterocycles. The molecule has 1 unspecified atom stereocenters. The summed E-state index contributed by atoms with van der Waals surface area (Å²) in [5.74, 6) is 0.641. The Morgan fingerprint density at radius 3 is 2.83 bits per heavy atom. The Bertz CT molecular complexity index is 544. The van der Waals surface area contributed by atoms with Crippen molar-refractivity contribution in [3.63, 3.8) is 0 Å². The van der Waals surface area contributed by atoms with Gasteiger partial charge >= 0.3 is 0 Å². The summed E-state index contributed by atoms with van der Waals surface area (Å²) < 4.78 is 13.0. The van der Waals surface area contributed by atoms with Gasteiger partial charge in [-0.3, -0.25) is 4.79 Å². The molecule has 1 aliphatic heterocycles. The van der Waals surface area contributed by atoms with Crippen molar-refractivity contribution in [2.24, 2.45) is 16.6 Å². The second kappa shape index (κ2) is 8.50. The summed E-state index contributed by atoms with van der Waals surface area (Å²) in [7, 11) is 0. The van der Waals surface area contributed by atoms with Gasteiger partial charge in [0.25, 0.3) is 0 Å². The van der Waals surface area contributed by atoms with Crippen LogP contribution in [0.5, 0.6) is 0 Å². The fourth-order valence-corrected chi connectivity index (χ4v) is 2.89. The fraction of sp³-hybridized carbons (Fsp3) is 0.529. The standard InChI is InChI=1S/C17H25FN4O/c1-2-20-17(21-11-13-5-7-15(18)8-6-13)22-9-3-4-14(12-22)10-16(19)23/h5-8,14H,2-4,9-12H2,1H3,(H2,19,23)(H,20,21). The molecule has 0 aliphatic carbocycles. The van der Waals surface area contributed by atoms with E-state index in [9.17, 15) is 9.18 Å². The first-order valence-electron chi connectivity index (χ1n) is 8.14. The van der Waals surface area contributed by atoms with Gasteiger partial charge in [0.15, 0.2) is 5.96 Å². The van der Waals surface area contributed by atoms with Crippen LogP contribution in [0.3, 0.4) is 0 Å². The number of halogens is 1. The zero-order chi connectivity index (χ0) is 16.7. The van der Waals surface area contributed by atoms with Crippen molar-refractivity contribution in [3.8, 4) is 0 Å². The smallest absolute Gasteiger partial charge is 0.217 e. The van der Waals surface area contributed by atoms with Gasteiger partial charge in [0.05, 0.1) is 6.54 Å². The predicted molar refractivity (Wildman–Crippen MR) is 89.3 cm³/mol. The van der Waals surface area contributed by atoms with Gasteiger partial charge in [0.2, 0.25) is 5.91 Å². The quantitative estimate of drug-likeness (QED) is 0.643. The number of carbonyl (C=O) groups is 1. The van der Waals surface area contributed by atoms with Crippen molar-refractivity contribution in [2.45, 2.75) is 32.7 Å². The number of benzene rings is 1. The number of amides is 1. The molecular formula is C17H25FN4O. The van der Waals surface area contributed by atoms with Gasteiger partial charge in [-0.1, -0.05) is 12.1 Å². The van der Waals surface area contributed by atoms with Crippen molar-refractivity contribution in [1.82, 2.24) is 10.2 Å². The highest BCUT2D eigenvalue weighted by Gasteiger charge is 2.23. The number of hydrogen-bond acceptors (Lipinski definition) is 2. The lowest BCUT2D eigenvalue weighted by Gasteiger charge is -2.34. The number of nitrogens with two attached hydrogens (primary N) is 1. The van der Waals surface area contributed by atoms with Crippen molar-refractivity contribution >= 4 is 11.9 Å². The number of hydrogen-bond donors (Lipinski definition) is 2. The number of primary amides is 1. The van der Waals surface area contributed by atoms with Crippen LogP contribution in [0.15, 0.2) is 29.3 Å². The SMILES string of the molecule is CCNC(=NCc1ccc(F)cc1)N1CCCC(CC(N)=O)C1. The third-order valence-corrected chi connectivity index (χ3v) is 3.97. The summed E-state index contributed by atoms with van der Waals surface area (Å²) >= 11 is 0. The van der Waals surface area contributed by atoms with Crippen LogP contribution < -0.4 is 11.1 Å². The van der Waals surface area contributed by atoms with Crippen molar-refractivity contribution in [2.75, 3.05) is 19.6 Å². The highest BCUT2D eigenvalue weighted by atomic mass is 19.1. The van der Waals surface area contributed by atoms with E-state index in [1.807, 2.05) is 6.92 Å². The van der Waals surface area contributed by atoms with Gasteiger partial charge in [-0.2, -0.15) is 0 Å². The lowest BCUT2D eigenvalue weighted by atomic mass is 9.95. The predicted octanol–water partition coefficient (Wildman–Crippen LogP) is 1.88. The maximum absolute atomic E-state index is 13.0. The van der Waals surface area contributed by atoms with Crippen LogP contribution >= 0.6 is 0 Å². The van der Waals surface area contributed by atoms with Crippen molar-refractivity contribution in [1.29, 1.82) is 0 Å². The van der Waals surface area contributed by atoms with E-state index < -0.39 is 0 Å². The van der Waals surface area contributed by atoms with E-state index in [-0.39, 0.29) is 17.6 Å². The molecule has 1 atom stereocenters. The molecule has 0 bridgehead atoms. The van der Waals surface area contributed by atoms with Crippen LogP contribution in [0.4, 0.5) is 4.39 Å². The van der Waals surface area contributed by atoms with Gasteiger partial charge in [-0.15, -0.1) is 0 Å². The lowest BCUT2D eigenvalue weighted by Crippen LogP contribution is -2.47. The minimum atomic E-state index is -0.245. The summed E-state index contributed by atoms with van der Waals surface area (Å²) in [6.45, 7) is 5.01. The van der Waals surface area contributed by atoms with E-state index in [1.54, 1.807) is 12.1 Å². The molecule has 1 fully saturated rings. The molecule has 1 saturated heterocycles. The Morgan fingerprint density at radius 1 is 1.43 bits per heavy atom. The molecule has 1 aromatic carbocycles. The summed E-state index contributed by atoms with van der Waals surface area (Å²) in [4.78, 5) is 18.0. The lowest BCUT2D eigenvalue weighted by molar-refractivity contribution is -0.119. The molecule has 0 radical (unpaired) electrons. The highest BCUT2D eigenvalue weighted by Crippen LogP contribution is 2.19. The summed E-state index contributed by atoms with van der Waals surface area (Å²) in [6, 6.07) is 6.38. The van der Waals surface area contributed by atoms with E-state index in [4.69, 9.17) is 5.73 Å². The zero-order valence-electron chi connectivity index (χ0n) is 13.6. The third-order valence-electron chi connectivity index (χ3n) is 3.97. The summed E-state index contributed by atoms with van der Waals surface area (Å²) in [5.41, 5.74) is 6.28. The van der Waals surface area contributed by atoms with Crippen LogP contribution in [-0.2, 0) is 11.3 Å². The topological polar surface area (TPSA) is 70.7 Å². The van der Waals surface area contributed by atoms with Crippen molar-refractivity contribution in [3.05, 3.63) is 35.6 Å². The molecular weight excluding hydrogens is 295 g/mol. The van der Waals surface area contributed by atoms with Crippen LogP contribution in [0, 0.1) is 11.7 Å². The molecule has 126 valence electrons. The van der Waals surface area contributed by atoms with Gasteiger partial charge < -0.3 is 16.0 Å². The van der Waals surface area contributed by atoms with Crippen LogP contribution in [0.2, 0.25) is 0 Å². The minimum absolute atomic E-state index is 0.241. The first-order valence-corrected chi connectivity index (χ1v) is 8.14. The number of guanidine groups is 1. The number of nitrogens with one attached hydrogen (secondary N) is 1. The van der Waals surface area contributed by atoms with Crippen LogP contribution in [0.25, 0.3) is 0 Å². The maximum Gasteiger partial charge on any atom is 0.217 e. The second-order valence-corrected chi connectivity index (χ2v) is 5.92. The first kappa shape index (κ1) is 17.2. The second-order valence-electron chi connectivity index (χ2n) is 5.92. The number of likely N-dealkylation sites (tertiary alicyclic amines) is 1. The third kappa shape index (κ3) is 5.54. The van der Waals surface area contributed by atoms with Gasteiger partial charge in [-0.25, -0.2) is 9.38 Å². The number of rotatable bonds is 5. The zero-order valence-corrected chi connectivity index (χ0v) is 13.6. The Morgan fingerprint density at radius 2 is 2.17 bits per heavy atom. The number of carbonyl (C=O) groups excluding carboxylic acids is 1. The summed E-state index contributed by atoms with van der Waals surface area (Å²) in [5, 5.41) is 3.29. The van der Waals surface area contributed by atoms with Gasteiger partial charge in [-0.05, 0) is 43.4 Å². The Hall–Kier alpha value is -2.11. The number of aliphatic imine (C=N–C) groups is 1. The normalized spacial score (nSPS) is 18.8. The molecule has 1 heterocycles. The van der Waals surface area contributed by atoms with E-state index in [0.717, 1.165) is 44.0 Å². The monoisotopic (exact) mass is 320 g/mol. The molecule has 23 heavy (non-hydrogen) atoms. The molecule has 0 saturated carbocycles. The van der Waals surface area contributed by atoms with Crippen LogP contribution in [-0.4, -0.2) is 36.4 Å². The molecule has 3 N–H and O–H groups in total. The minimum Gasteiger partial charge on any atom is -0.370 e. The Balaban J connectivity index is 2.02. The maximum atomic E-state index is 13.0. The summed E-state index contributed by atoms with van der Waals surface area (Å²) in [6.07, 6.45) is 2.48. The van der Waals surface area contributed by atoms with E-state index >= 15 is 0 Å². The van der Waals surface area contributed by atoms with E-state index in [1.165, 1.54) is 12.1 Å². The van der Waals surface area contributed by atoms with Gasteiger partial charge in [0.1, 0.15) is 5.82 Å². The molecule has 6 heteroatoms. The van der Waals surface area contributed by atoms with Crippen LogP contribution in [0.1, 0.15) is 31.7 Å². The number of nitrogens with zero attached hydrogens (tertiary/aromatic N) is 2. The fourth-order valence-electron chi connectivity index (χ4n) is 2.89. The van der Waals surface area contributed by atoms with Crippen molar-refractivity contribution < 1.29 is 9.18 Å². The van der Waals surface area contributed by atoms with E-state index in [0.29, 0.717) is 13.0 Å². The largest absolute Gasteiger partial charge is 0.370 e. The highest BCUT2D eigenvalue weighted by molar-refractivity contribution is 5.80. The molecule has 2 rings (SSSR count). The molecule has 1 aromatic rings. The number of piperidine rings is 1. The molecule has 0 spiro atoms. The molecule has 1 aliphatic rings.